The molecular weight excluding hydrogens is 303 g/mol. The van der Waals surface area contributed by atoms with E-state index in [1.807, 2.05) is 17.5 Å². The van der Waals surface area contributed by atoms with Crippen LogP contribution in [0.3, 0.4) is 0 Å². The van der Waals surface area contributed by atoms with Gasteiger partial charge in [0.15, 0.2) is 0 Å². The van der Waals surface area contributed by atoms with Crippen LogP contribution >= 0.6 is 34.5 Å². The Bertz CT molecular complexity index is 519. The average molecular weight is 317 g/mol. The minimum absolute atomic E-state index is 0.0417. The van der Waals surface area contributed by atoms with Gasteiger partial charge in [0.2, 0.25) is 0 Å². The third-order valence-corrected chi connectivity index (χ3v) is 4.03. The molecule has 0 aliphatic heterocycles. The maximum Gasteiger partial charge on any atom is 0.114 e. The molecule has 0 saturated heterocycles. The van der Waals surface area contributed by atoms with Gasteiger partial charge in [-0.3, -0.25) is 0 Å². The number of rotatable bonds is 6. The molecule has 0 saturated carbocycles. The molecule has 1 aromatic heterocycles. The SMILES string of the molecule is COCCNC(c1nccs1)c1ccc(Cl)cc1Cl. The summed E-state index contributed by atoms with van der Waals surface area (Å²) in [7, 11) is 1.68. The topological polar surface area (TPSA) is 34.1 Å². The molecule has 1 atom stereocenters. The van der Waals surface area contributed by atoms with Gasteiger partial charge in [0.05, 0.1) is 12.6 Å². The number of hydrogen-bond acceptors (Lipinski definition) is 4. The summed E-state index contributed by atoms with van der Waals surface area (Å²) in [5, 5.41) is 7.58. The summed E-state index contributed by atoms with van der Waals surface area (Å²) in [6, 6.07) is 5.47. The van der Waals surface area contributed by atoms with E-state index in [4.69, 9.17) is 27.9 Å². The van der Waals surface area contributed by atoms with Crippen molar-refractivity contribution in [2.24, 2.45) is 0 Å². The summed E-state index contributed by atoms with van der Waals surface area (Å²) in [4.78, 5) is 4.36. The van der Waals surface area contributed by atoms with Gasteiger partial charge in [-0.1, -0.05) is 29.3 Å². The number of thiazole rings is 1. The molecule has 0 aliphatic carbocycles. The van der Waals surface area contributed by atoms with Gasteiger partial charge in [-0.15, -0.1) is 11.3 Å². The quantitative estimate of drug-likeness (QED) is 0.824. The van der Waals surface area contributed by atoms with Crippen LogP contribution in [0.5, 0.6) is 0 Å². The van der Waals surface area contributed by atoms with E-state index in [1.165, 1.54) is 0 Å². The third kappa shape index (κ3) is 3.91. The van der Waals surface area contributed by atoms with Gasteiger partial charge >= 0.3 is 0 Å². The van der Waals surface area contributed by atoms with Gasteiger partial charge in [0.25, 0.3) is 0 Å². The summed E-state index contributed by atoms with van der Waals surface area (Å²) in [5.41, 5.74) is 0.970. The standard InChI is InChI=1S/C13H14Cl2N2OS/c1-18-6-4-16-12(13-17-5-7-19-13)10-3-2-9(14)8-11(10)15/h2-3,5,7-8,12,16H,4,6H2,1H3. The maximum absolute atomic E-state index is 6.28. The number of nitrogens with zero attached hydrogens (tertiary/aromatic N) is 1. The van der Waals surface area contributed by atoms with Crippen molar-refractivity contribution >= 4 is 34.5 Å². The minimum Gasteiger partial charge on any atom is -0.383 e. The molecule has 0 spiro atoms. The van der Waals surface area contributed by atoms with Crippen molar-refractivity contribution in [3.8, 4) is 0 Å². The smallest absolute Gasteiger partial charge is 0.114 e. The Kier molecular flexibility index (Phi) is 5.60. The predicted molar refractivity (Wildman–Crippen MR) is 80.3 cm³/mol. The average Bonchev–Trinajstić information content (AvgIpc) is 2.89. The fourth-order valence-corrected chi connectivity index (χ4v) is 3.00. The lowest BCUT2D eigenvalue weighted by molar-refractivity contribution is 0.197. The highest BCUT2D eigenvalue weighted by atomic mass is 35.5. The van der Waals surface area contributed by atoms with Gasteiger partial charge in [-0.05, 0) is 17.7 Å². The second kappa shape index (κ2) is 7.22. The fraction of sp³-hybridized carbons (Fsp3) is 0.308. The van der Waals surface area contributed by atoms with Gasteiger partial charge in [0, 0.05) is 35.3 Å². The Morgan fingerprint density at radius 3 is 2.89 bits per heavy atom. The molecule has 2 aromatic rings. The molecule has 2 rings (SSSR count). The Hall–Kier alpha value is -0.650. The zero-order valence-electron chi connectivity index (χ0n) is 10.4. The van der Waals surface area contributed by atoms with E-state index >= 15 is 0 Å². The lowest BCUT2D eigenvalue weighted by atomic mass is 10.1. The lowest BCUT2D eigenvalue weighted by Gasteiger charge is -2.18. The number of methoxy groups -OCH3 is 1. The highest BCUT2D eigenvalue weighted by Crippen LogP contribution is 2.31. The largest absolute Gasteiger partial charge is 0.383 e. The number of nitrogens with one attached hydrogen (secondary N) is 1. The van der Waals surface area contributed by atoms with Crippen LogP contribution in [-0.2, 0) is 4.74 Å². The maximum atomic E-state index is 6.28. The first-order valence-electron chi connectivity index (χ1n) is 5.79. The van der Waals surface area contributed by atoms with E-state index in [1.54, 1.807) is 30.7 Å². The van der Waals surface area contributed by atoms with Gasteiger partial charge in [0.1, 0.15) is 5.01 Å². The molecule has 1 unspecified atom stereocenters. The Morgan fingerprint density at radius 2 is 2.26 bits per heavy atom. The predicted octanol–water partition coefficient (Wildman–Crippen LogP) is 3.78. The molecule has 19 heavy (non-hydrogen) atoms. The summed E-state index contributed by atoms with van der Waals surface area (Å²) in [6.07, 6.45) is 1.79. The molecule has 0 amide bonds. The minimum atomic E-state index is -0.0417. The summed E-state index contributed by atoms with van der Waals surface area (Å²) >= 11 is 13.8. The zero-order valence-corrected chi connectivity index (χ0v) is 12.7. The van der Waals surface area contributed by atoms with Gasteiger partial charge in [-0.2, -0.15) is 0 Å². The highest BCUT2D eigenvalue weighted by molar-refractivity contribution is 7.09. The zero-order chi connectivity index (χ0) is 13.7. The van der Waals surface area contributed by atoms with Crippen LogP contribution in [0.25, 0.3) is 0 Å². The van der Waals surface area contributed by atoms with Crippen molar-refractivity contribution in [1.82, 2.24) is 10.3 Å². The van der Waals surface area contributed by atoms with Crippen molar-refractivity contribution < 1.29 is 4.74 Å². The second-order valence-electron chi connectivity index (χ2n) is 3.92. The number of ether oxygens (including phenoxy) is 1. The first kappa shape index (κ1) is 14.8. The number of hydrogen-bond donors (Lipinski definition) is 1. The molecule has 1 heterocycles. The van der Waals surface area contributed by atoms with E-state index in [0.717, 1.165) is 17.1 Å². The first-order chi connectivity index (χ1) is 9.22. The van der Waals surface area contributed by atoms with E-state index in [-0.39, 0.29) is 6.04 Å². The Labute approximate surface area is 126 Å². The van der Waals surface area contributed by atoms with Crippen LogP contribution in [0.15, 0.2) is 29.8 Å². The van der Waals surface area contributed by atoms with E-state index < -0.39 is 0 Å². The van der Waals surface area contributed by atoms with Crippen LogP contribution in [0.2, 0.25) is 10.0 Å². The molecule has 3 nitrogen and oxygen atoms in total. The molecule has 0 radical (unpaired) electrons. The van der Waals surface area contributed by atoms with Crippen molar-refractivity contribution in [1.29, 1.82) is 0 Å². The van der Waals surface area contributed by atoms with E-state index in [2.05, 4.69) is 10.3 Å². The lowest BCUT2D eigenvalue weighted by Crippen LogP contribution is -2.26. The summed E-state index contributed by atoms with van der Waals surface area (Å²) in [6.45, 7) is 1.35. The Morgan fingerprint density at radius 1 is 1.42 bits per heavy atom. The second-order valence-corrected chi connectivity index (χ2v) is 5.69. The number of halogens is 2. The van der Waals surface area contributed by atoms with Crippen molar-refractivity contribution in [3.05, 3.63) is 50.4 Å². The van der Waals surface area contributed by atoms with Crippen molar-refractivity contribution in [3.63, 3.8) is 0 Å². The van der Waals surface area contributed by atoms with Crippen LogP contribution in [0, 0.1) is 0 Å². The van der Waals surface area contributed by atoms with Crippen LogP contribution in [0.4, 0.5) is 0 Å². The fourth-order valence-electron chi connectivity index (χ4n) is 1.75. The Balaban J connectivity index is 2.26. The van der Waals surface area contributed by atoms with Crippen molar-refractivity contribution in [2.75, 3.05) is 20.3 Å². The molecule has 0 fully saturated rings. The first-order valence-corrected chi connectivity index (χ1v) is 7.42. The number of benzene rings is 1. The van der Waals surface area contributed by atoms with E-state index in [9.17, 15) is 0 Å². The van der Waals surface area contributed by atoms with Crippen molar-refractivity contribution in [2.45, 2.75) is 6.04 Å². The molecular formula is C13H14Cl2N2OS. The highest BCUT2D eigenvalue weighted by Gasteiger charge is 2.18. The van der Waals surface area contributed by atoms with E-state index in [0.29, 0.717) is 16.7 Å². The van der Waals surface area contributed by atoms with Gasteiger partial charge in [-0.25, -0.2) is 4.98 Å². The molecule has 1 aromatic carbocycles. The molecule has 0 bridgehead atoms. The van der Waals surface area contributed by atoms with Gasteiger partial charge < -0.3 is 10.1 Å². The molecule has 0 aliphatic rings. The third-order valence-electron chi connectivity index (χ3n) is 2.63. The van der Waals surface area contributed by atoms with Crippen LogP contribution in [-0.4, -0.2) is 25.2 Å². The molecule has 102 valence electrons. The van der Waals surface area contributed by atoms with Crippen LogP contribution in [0.1, 0.15) is 16.6 Å². The summed E-state index contributed by atoms with van der Waals surface area (Å²) in [5.74, 6) is 0. The monoisotopic (exact) mass is 316 g/mol. The molecule has 6 heteroatoms. The normalized spacial score (nSPS) is 12.6. The summed E-state index contributed by atoms with van der Waals surface area (Å²) < 4.78 is 5.06. The van der Waals surface area contributed by atoms with Crippen LogP contribution < -0.4 is 5.32 Å². The number of aromatic nitrogens is 1. The molecule has 1 N–H and O–H groups in total.